The highest BCUT2D eigenvalue weighted by Gasteiger charge is 2.15. The molecule has 0 fully saturated rings. The van der Waals surface area contributed by atoms with E-state index in [1.54, 1.807) is 36.4 Å². The smallest absolute Gasteiger partial charge is 0.339 e. The molecule has 136 valence electrons. The van der Waals surface area contributed by atoms with Gasteiger partial charge in [0.2, 0.25) is 0 Å². The van der Waals surface area contributed by atoms with Crippen molar-refractivity contribution < 1.29 is 18.7 Å². The van der Waals surface area contributed by atoms with Crippen molar-refractivity contribution >= 4 is 29.1 Å². The number of para-hydroxylation sites is 1. The van der Waals surface area contributed by atoms with Gasteiger partial charge in [-0.05, 0) is 36.4 Å². The minimum atomic E-state index is -0.559. The van der Waals surface area contributed by atoms with E-state index < -0.39 is 11.9 Å². The average Bonchev–Trinajstić information content (AvgIpc) is 2.70. The van der Waals surface area contributed by atoms with Crippen LogP contribution >= 0.6 is 0 Å². The molecule has 3 aromatic rings. The van der Waals surface area contributed by atoms with Crippen molar-refractivity contribution in [3.63, 3.8) is 0 Å². The van der Waals surface area contributed by atoms with E-state index in [0.29, 0.717) is 17.2 Å². The van der Waals surface area contributed by atoms with Crippen molar-refractivity contribution in [2.75, 3.05) is 17.7 Å². The minimum absolute atomic E-state index is 0.0688. The highest BCUT2D eigenvalue weighted by molar-refractivity contribution is 6.06. The molecular formula is C19H15FN4O3. The average molecular weight is 366 g/mol. The number of hydrogen-bond donors (Lipinski definition) is 2. The fourth-order valence-corrected chi connectivity index (χ4v) is 2.26. The highest BCUT2D eigenvalue weighted by Crippen LogP contribution is 2.18. The molecule has 27 heavy (non-hydrogen) atoms. The molecule has 1 amide bonds. The Hall–Kier alpha value is -3.81. The number of anilines is 3. The molecule has 0 aliphatic carbocycles. The van der Waals surface area contributed by atoms with Crippen LogP contribution in [0, 0.1) is 5.82 Å². The molecule has 3 rings (SSSR count). The Morgan fingerprint density at radius 1 is 1.00 bits per heavy atom. The molecule has 0 saturated carbocycles. The van der Waals surface area contributed by atoms with Gasteiger partial charge in [0.15, 0.2) is 0 Å². The van der Waals surface area contributed by atoms with Gasteiger partial charge in [0.05, 0.1) is 30.8 Å². The fourth-order valence-electron chi connectivity index (χ4n) is 2.26. The summed E-state index contributed by atoms with van der Waals surface area (Å²) >= 11 is 0. The van der Waals surface area contributed by atoms with E-state index in [9.17, 15) is 14.0 Å². The van der Waals surface area contributed by atoms with Gasteiger partial charge in [-0.3, -0.25) is 4.79 Å². The van der Waals surface area contributed by atoms with Gasteiger partial charge in [0, 0.05) is 5.69 Å². The standard InChI is InChI=1S/C19H15FN4O3/c1-27-19(26)14-4-2-3-5-15(14)24-18(25)16-10-22-17(11-21-16)23-13-8-6-12(20)7-9-13/h2-11H,1H3,(H,22,23)(H,24,25). The summed E-state index contributed by atoms with van der Waals surface area (Å²) in [6.45, 7) is 0. The molecule has 0 saturated heterocycles. The van der Waals surface area contributed by atoms with E-state index in [-0.39, 0.29) is 17.1 Å². The van der Waals surface area contributed by atoms with Gasteiger partial charge < -0.3 is 15.4 Å². The van der Waals surface area contributed by atoms with E-state index in [1.807, 2.05) is 0 Å². The number of nitrogens with one attached hydrogen (secondary N) is 2. The predicted molar refractivity (Wildman–Crippen MR) is 97.4 cm³/mol. The molecule has 1 aromatic heterocycles. The summed E-state index contributed by atoms with van der Waals surface area (Å²) in [5.41, 5.74) is 1.25. The summed E-state index contributed by atoms with van der Waals surface area (Å²) in [6, 6.07) is 12.2. The second-order valence-corrected chi connectivity index (χ2v) is 5.41. The summed E-state index contributed by atoms with van der Waals surface area (Å²) in [5.74, 6) is -1.03. The second-order valence-electron chi connectivity index (χ2n) is 5.41. The van der Waals surface area contributed by atoms with E-state index >= 15 is 0 Å². The first-order valence-corrected chi connectivity index (χ1v) is 7.90. The molecule has 8 heteroatoms. The lowest BCUT2D eigenvalue weighted by Gasteiger charge is -2.09. The van der Waals surface area contributed by atoms with Crippen molar-refractivity contribution in [2.24, 2.45) is 0 Å². The first kappa shape index (κ1) is 18.0. The van der Waals surface area contributed by atoms with Crippen molar-refractivity contribution in [2.45, 2.75) is 0 Å². The maximum Gasteiger partial charge on any atom is 0.339 e. The van der Waals surface area contributed by atoms with E-state index in [4.69, 9.17) is 4.74 Å². The van der Waals surface area contributed by atoms with Gasteiger partial charge in [-0.25, -0.2) is 19.2 Å². The Morgan fingerprint density at radius 2 is 1.74 bits per heavy atom. The molecule has 7 nitrogen and oxygen atoms in total. The molecule has 0 bridgehead atoms. The van der Waals surface area contributed by atoms with Gasteiger partial charge in [-0.1, -0.05) is 12.1 Å². The summed E-state index contributed by atoms with van der Waals surface area (Å²) in [7, 11) is 1.26. The molecule has 0 aliphatic heterocycles. The molecular weight excluding hydrogens is 351 g/mol. The van der Waals surface area contributed by atoms with Crippen molar-refractivity contribution in [3.8, 4) is 0 Å². The van der Waals surface area contributed by atoms with Crippen LogP contribution in [0.2, 0.25) is 0 Å². The third-order valence-corrected chi connectivity index (χ3v) is 3.58. The Balaban J connectivity index is 1.71. The van der Waals surface area contributed by atoms with Gasteiger partial charge >= 0.3 is 5.97 Å². The number of rotatable bonds is 5. The third-order valence-electron chi connectivity index (χ3n) is 3.58. The molecule has 2 aromatic carbocycles. The van der Waals surface area contributed by atoms with Crippen LogP contribution in [-0.4, -0.2) is 29.0 Å². The second kappa shape index (κ2) is 8.05. The predicted octanol–water partition coefficient (Wildman–Crippen LogP) is 3.40. The summed E-state index contributed by atoms with van der Waals surface area (Å²) < 4.78 is 17.6. The number of aromatic nitrogens is 2. The summed E-state index contributed by atoms with van der Waals surface area (Å²) in [4.78, 5) is 32.3. The number of hydrogen-bond acceptors (Lipinski definition) is 6. The van der Waals surface area contributed by atoms with Crippen LogP contribution in [-0.2, 0) is 4.74 Å². The Morgan fingerprint density at radius 3 is 2.41 bits per heavy atom. The Kier molecular flexibility index (Phi) is 5.36. The lowest BCUT2D eigenvalue weighted by Crippen LogP contribution is -2.17. The van der Waals surface area contributed by atoms with Crippen LogP contribution in [0.25, 0.3) is 0 Å². The summed E-state index contributed by atoms with van der Waals surface area (Å²) in [6.07, 6.45) is 2.67. The molecule has 0 atom stereocenters. The quantitative estimate of drug-likeness (QED) is 0.672. The first-order valence-electron chi connectivity index (χ1n) is 7.90. The maximum absolute atomic E-state index is 12.9. The first-order chi connectivity index (χ1) is 13.1. The Labute approximate surface area is 154 Å². The highest BCUT2D eigenvalue weighted by atomic mass is 19.1. The van der Waals surface area contributed by atoms with Crippen LogP contribution in [0.15, 0.2) is 60.9 Å². The zero-order chi connectivity index (χ0) is 19.2. The Bertz CT molecular complexity index is 959. The van der Waals surface area contributed by atoms with Crippen molar-refractivity contribution in [3.05, 3.63) is 78.0 Å². The zero-order valence-corrected chi connectivity index (χ0v) is 14.3. The molecule has 0 spiro atoms. The van der Waals surface area contributed by atoms with Gasteiger partial charge in [-0.2, -0.15) is 0 Å². The number of methoxy groups -OCH3 is 1. The number of benzene rings is 2. The number of carbonyl (C=O) groups excluding carboxylic acids is 2. The van der Waals surface area contributed by atoms with Crippen LogP contribution in [0.1, 0.15) is 20.8 Å². The minimum Gasteiger partial charge on any atom is -0.465 e. The van der Waals surface area contributed by atoms with Crippen molar-refractivity contribution in [1.29, 1.82) is 0 Å². The van der Waals surface area contributed by atoms with E-state index in [2.05, 4.69) is 20.6 Å². The normalized spacial score (nSPS) is 10.1. The molecule has 0 unspecified atom stereocenters. The molecule has 2 N–H and O–H groups in total. The molecule has 0 radical (unpaired) electrons. The number of halogens is 1. The van der Waals surface area contributed by atoms with Crippen LogP contribution in [0.5, 0.6) is 0 Å². The summed E-state index contributed by atoms with van der Waals surface area (Å²) in [5, 5.41) is 5.56. The lowest BCUT2D eigenvalue weighted by molar-refractivity contribution is 0.0602. The van der Waals surface area contributed by atoms with Gasteiger partial charge in [-0.15, -0.1) is 0 Å². The van der Waals surface area contributed by atoms with Gasteiger partial charge in [0.25, 0.3) is 5.91 Å². The SMILES string of the molecule is COC(=O)c1ccccc1NC(=O)c1cnc(Nc2ccc(F)cc2)cn1. The van der Waals surface area contributed by atoms with Crippen LogP contribution in [0.3, 0.4) is 0 Å². The van der Waals surface area contributed by atoms with Crippen molar-refractivity contribution in [1.82, 2.24) is 9.97 Å². The van der Waals surface area contributed by atoms with Crippen LogP contribution < -0.4 is 10.6 Å². The number of nitrogens with zero attached hydrogens (tertiary/aromatic N) is 2. The lowest BCUT2D eigenvalue weighted by atomic mass is 10.1. The van der Waals surface area contributed by atoms with E-state index in [0.717, 1.165) is 0 Å². The fraction of sp³-hybridized carbons (Fsp3) is 0.0526. The van der Waals surface area contributed by atoms with Crippen LogP contribution in [0.4, 0.5) is 21.6 Å². The number of ether oxygens (including phenoxy) is 1. The third kappa shape index (κ3) is 4.43. The number of carbonyl (C=O) groups is 2. The van der Waals surface area contributed by atoms with E-state index in [1.165, 1.54) is 31.6 Å². The monoisotopic (exact) mass is 366 g/mol. The maximum atomic E-state index is 12.9. The molecule has 1 heterocycles. The topological polar surface area (TPSA) is 93.2 Å². The zero-order valence-electron chi connectivity index (χ0n) is 14.3. The van der Waals surface area contributed by atoms with Gasteiger partial charge in [0.1, 0.15) is 17.3 Å². The molecule has 0 aliphatic rings. The number of amides is 1. The number of esters is 1. The largest absolute Gasteiger partial charge is 0.465 e.